The zero-order valence-corrected chi connectivity index (χ0v) is 12.1. The summed E-state index contributed by atoms with van der Waals surface area (Å²) in [5.74, 6) is -0.213. The Labute approximate surface area is 122 Å². The van der Waals surface area contributed by atoms with Crippen molar-refractivity contribution in [2.75, 3.05) is 6.54 Å². The molecule has 2 N–H and O–H groups in total. The van der Waals surface area contributed by atoms with Crippen LogP contribution in [0.4, 0.5) is 0 Å². The molecule has 0 saturated heterocycles. The number of rotatable bonds is 5. The first-order valence-electron chi connectivity index (χ1n) is 6.35. The van der Waals surface area contributed by atoms with E-state index in [1.165, 1.54) is 6.08 Å². The highest BCUT2D eigenvalue weighted by atomic mass is 32.1. The molecule has 2 rings (SSSR count). The van der Waals surface area contributed by atoms with Crippen LogP contribution in [-0.4, -0.2) is 17.6 Å². The zero-order chi connectivity index (χ0) is 14.4. The average Bonchev–Trinajstić information content (AvgIpc) is 2.97. The molecule has 20 heavy (non-hydrogen) atoms. The standard InChI is InChI=1S/C16H17NO2S/c1-16(19,13-6-3-2-4-7-13)12-17-15(18)10-9-14-8-5-11-20-14/h2-11,19H,12H2,1H3,(H,17,18)/b10-9+/t16-/m0/s1. The second kappa shape index (κ2) is 6.50. The molecular formula is C16H17NO2S. The number of amides is 1. The summed E-state index contributed by atoms with van der Waals surface area (Å²) in [6.45, 7) is 1.86. The fourth-order valence-electron chi connectivity index (χ4n) is 1.76. The lowest BCUT2D eigenvalue weighted by atomic mass is 9.96. The smallest absolute Gasteiger partial charge is 0.244 e. The molecule has 0 fully saturated rings. The summed E-state index contributed by atoms with van der Waals surface area (Å²) < 4.78 is 0. The highest BCUT2D eigenvalue weighted by Gasteiger charge is 2.22. The molecule has 1 aromatic heterocycles. The van der Waals surface area contributed by atoms with Gasteiger partial charge in [-0.3, -0.25) is 4.79 Å². The van der Waals surface area contributed by atoms with Gasteiger partial charge >= 0.3 is 0 Å². The van der Waals surface area contributed by atoms with Gasteiger partial charge in [0.2, 0.25) is 5.91 Å². The maximum atomic E-state index is 11.7. The summed E-state index contributed by atoms with van der Waals surface area (Å²) in [5.41, 5.74) is -0.296. The summed E-state index contributed by atoms with van der Waals surface area (Å²) in [7, 11) is 0. The molecule has 0 spiro atoms. The fraction of sp³-hybridized carbons (Fsp3) is 0.188. The number of benzene rings is 1. The van der Waals surface area contributed by atoms with Crippen LogP contribution in [-0.2, 0) is 10.4 Å². The Kier molecular flexibility index (Phi) is 4.71. The molecule has 2 aromatic rings. The number of carbonyl (C=O) groups excluding carboxylic acids is 1. The lowest BCUT2D eigenvalue weighted by Gasteiger charge is -2.23. The van der Waals surface area contributed by atoms with Crippen LogP contribution >= 0.6 is 11.3 Å². The highest BCUT2D eigenvalue weighted by Crippen LogP contribution is 2.18. The van der Waals surface area contributed by atoms with Crippen LogP contribution in [0, 0.1) is 0 Å². The molecule has 4 heteroatoms. The van der Waals surface area contributed by atoms with Gasteiger partial charge in [0.25, 0.3) is 0 Å². The maximum Gasteiger partial charge on any atom is 0.244 e. The van der Waals surface area contributed by atoms with E-state index in [-0.39, 0.29) is 12.5 Å². The van der Waals surface area contributed by atoms with E-state index in [9.17, 15) is 9.90 Å². The molecule has 1 amide bonds. The number of nitrogens with one attached hydrogen (secondary N) is 1. The van der Waals surface area contributed by atoms with E-state index in [2.05, 4.69) is 5.32 Å². The molecular weight excluding hydrogens is 270 g/mol. The van der Waals surface area contributed by atoms with E-state index < -0.39 is 5.60 Å². The lowest BCUT2D eigenvalue weighted by molar-refractivity contribution is -0.117. The third-order valence-electron chi connectivity index (χ3n) is 2.94. The summed E-state index contributed by atoms with van der Waals surface area (Å²) in [6.07, 6.45) is 3.24. The van der Waals surface area contributed by atoms with Gasteiger partial charge in [-0.25, -0.2) is 0 Å². The highest BCUT2D eigenvalue weighted by molar-refractivity contribution is 7.10. The number of thiophene rings is 1. The number of hydrogen-bond acceptors (Lipinski definition) is 3. The van der Waals surface area contributed by atoms with Gasteiger partial charge < -0.3 is 10.4 Å². The predicted octanol–water partition coefficient (Wildman–Crippen LogP) is 2.79. The molecule has 0 radical (unpaired) electrons. The topological polar surface area (TPSA) is 49.3 Å². The molecule has 1 aromatic carbocycles. The van der Waals surface area contributed by atoms with Crippen molar-refractivity contribution in [1.82, 2.24) is 5.32 Å². The first kappa shape index (κ1) is 14.5. The first-order chi connectivity index (χ1) is 9.58. The van der Waals surface area contributed by atoms with Crippen molar-refractivity contribution >= 4 is 23.3 Å². The molecule has 3 nitrogen and oxygen atoms in total. The Morgan fingerprint density at radius 1 is 1.30 bits per heavy atom. The van der Waals surface area contributed by atoms with Crippen molar-refractivity contribution in [3.63, 3.8) is 0 Å². The van der Waals surface area contributed by atoms with E-state index in [0.717, 1.165) is 10.4 Å². The monoisotopic (exact) mass is 287 g/mol. The van der Waals surface area contributed by atoms with E-state index in [4.69, 9.17) is 0 Å². The van der Waals surface area contributed by atoms with Crippen LogP contribution in [0.25, 0.3) is 6.08 Å². The quantitative estimate of drug-likeness (QED) is 0.831. The van der Waals surface area contributed by atoms with Crippen molar-refractivity contribution < 1.29 is 9.90 Å². The van der Waals surface area contributed by atoms with Crippen LogP contribution in [0.1, 0.15) is 17.4 Å². The van der Waals surface area contributed by atoms with Crippen LogP contribution < -0.4 is 5.32 Å². The van der Waals surface area contributed by atoms with Crippen molar-refractivity contribution in [3.8, 4) is 0 Å². The molecule has 0 unspecified atom stereocenters. The largest absolute Gasteiger partial charge is 0.384 e. The summed E-state index contributed by atoms with van der Waals surface area (Å²) >= 11 is 1.57. The van der Waals surface area contributed by atoms with E-state index in [1.54, 1.807) is 24.3 Å². The molecule has 0 bridgehead atoms. The van der Waals surface area contributed by atoms with Crippen LogP contribution in [0.5, 0.6) is 0 Å². The van der Waals surface area contributed by atoms with E-state index in [1.807, 2.05) is 47.8 Å². The third-order valence-corrected chi connectivity index (χ3v) is 3.78. The van der Waals surface area contributed by atoms with Crippen LogP contribution in [0.15, 0.2) is 53.9 Å². The SMILES string of the molecule is C[C@](O)(CNC(=O)/C=C/c1cccs1)c1ccccc1. The van der Waals surface area contributed by atoms with Gasteiger partial charge in [-0.2, -0.15) is 0 Å². The first-order valence-corrected chi connectivity index (χ1v) is 7.23. The minimum absolute atomic E-state index is 0.171. The normalized spacial score (nSPS) is 14.1. The van der Waals surface area contributed by atoms with Gasteiger partial charge in [0.15, 0.2) is 0 Å². The summed E-state index contributed by atoms with van der Waals surface area (Å²) in [5, 5.41) is 15.0. The van der Waals surface area contributed by atoms with Crippen molar-refractivity contribution in [1.29, 1.82) is 0 Å². The number of carbonyl (C=O) groups is 1. The molecule has 1 atom stereocenters. The van der Waals surface area contributed by atoms with Gasteiger partial charge in [-0.15, -0.1) is 11.3 Å². The Morgan fingerprint density at radius 2 is 2.05 bits per heavy atom. The molecule has 0 saturated carbocycles. The Morgan fingerprint density at radius 3 is 2.70 bits per heavy atom. The van der Waals surface area contributed by atoms with Crippen molar-refractivity contribution in [3.05, 3.63) is 64.4 Å². The minimum atomic E-state index is -1.08. The minimum Gasteiger partial charge on any atom is -0.384 e. The Balaban J connectivity index is 1.90. The summed E-state index contributed by atoms with van der Waals surface area (Å²) in [4.78, 5) is 12.7. The molecule has 0 aliphatic heterocycles. The Hall–Kier alpha value is -1.91. The Bertz CT molecular complexity index is 574. The van der Waals surface area contributed by atoms with Crippen molar-refractivity contribution in [2.45, 2.75) is 12.5 Å². The third kappa shape index (κ3) is 4.05. The van der Waals surface area contributed by atoms with Gasteiger partial charge in [0, 0.05) is 11.0 Å². The summed E-state index contributed by atoms with van der Waals surface area (Å²) in [6, 6.07) is 13.2. The predicted molar refractivity (Wildman–Crippen MR) is 82.4 cm³/mol. The van der Waals surface area contributed by atoms with Gasteiger partial charge in [0.1, 0.15) is 5.60 Å². The number of hydrogen-bond donors (Lipinski definition) is 2. The van der Waals surface area contributed by atoms with E-state index >= 15 is 0 Å². The zero-order valence-electron chi connectivity index (χ0n) is 11.2. The maximum absolute atomic E-state index is 11.7. The van der Waals surface area contributed by atoms with Gasteiger partial charge in [-0.05, 0) is 30.0 Å². The second-order valence-corrected chi connectivity index (χ2v) is 5.69. The average molecular weight is 287 g/mol. The van der Waals surface area contributed by atoms with E-state index in [0.29, 0.717) is 0 Å². The molecule has 0 aliphatic rings. The number of aliphatic hydroxyl groups is 1. The van der Waals surface area contributed by atoms with Gasteiger partial charge in [0.05, 0.1) is 6.54 Å². The fourth-order valence-corrected chi connectivity index (χ4v) is 2.38. The van der Waals surface area contributed by atoms with Gasteiger partial charge in [-0.1, -0.05) is 36.4 Å². The van der Waals surface area contributed by atoms with Crippen LogP contribution in [0.2, 0.25) is 0 Å². The van der Waals surface area contributed by atoms with Crippen LogP contribution in [0.3, 0.4) is 0 Å². The molecule has 0 aliphatic carbocycles. The molecule has 1 heterocycles. The lowest BCUT2D eigenvalue weighted by Crippen LogP contribution is -2.37. The second-order valence-electron chi connectivity index (χ2n) is 4.71. The van der Waals surface area contributed by atoms with Crippen molar-refractivity contribution in [2.24, 2.45) is 0 Å². The molecule has 104 valence electrons.